The van der Waals surface area contributed by atoms with Gasteiger partial charge in [0.2, 0.25) is 0 Å². The summed E-state index contributed by atoms with van der Waals surface area (Å²) in [6.07, 6.45) is 1.58. The summed E-state index contributed by atoms with van der Waals surface area (Å²) >= 11 is 1.25. The van der Waals surface area contributed by atoms with Gasteiger partial charge in [0.25, 0.3) is 5.56 Å². The number of carbonyl (C=O) groups is 1. The normalized spacial score (nSPS) is 15.3. The molecule has 0 N–H and O–H groups in total. The summed E-state index contributed by atoms with van der Waals surface area (Å²) in [5.74, 6) is 1.20. The number of thiazole rings is 1. The maximum absolute atomic E-state index is 14.1. The molecule has 39 heavy (non-hydrogen) atoms. The second kappa shape index (κ2) is 11.9. The third kappa shape index (κ3) is 5.78. The number of hydrogen-bond donors (Lipinski definition) is 0. The Hall–Kier alpha value is -3.85. The summed E-state index contributed by atoms with van der Waals surface area (Å²) in [5, 5.41) is 0. The minimum atomic E-state index is -0.769. The van der Waals surface area contributed by atoms with Crippen molar-refractivity contribution in [2.75, 3.05) is 13.7 Å². The molecule has 0 spiro atoms. The van der Waals surface area contributed by atoms with Crippen molar-refractivity contribution in [1.29, 1.82) is 0 Å². The van der Waals surface area contributed by atoms with Crippen LogP contribution in [-0.4, -0.2) is 36.5 Å². The first kappa shape index (κ1) is 28.2. The van der Waals surface area contributed by atoms with Crippen LogP contribution >= 0.6 is 11.3 Å². The van der Waals surface area contributed by atoms with E-state index in [9.17, 15) is 9.59 Å². The molecular formula is C30H34N2O6S. The van der Waals surface area contributed by atoms with Gasteiger partial charge in [0, 0.05) is 11.1 Å². The van der Waals surface area contributed by atoms with Crippen LogP contribution < -0.4 is 29.1 Å². The van der Waals surface area contributed by atoms with Crippen molar-refractivity contribution >= 4 is 23.4 Å². The number of hydrogen-bond acceptors (Lipinski definition) is 8. The Balaban J connectivity index is 1.99. The van der Waals surface area contributed by atoms with E-state index in [-0.39, 0.29) is 24.4 Å². The average molecular weight is 551 g/mol. The summed E-state index contributed by atoms with van der Waals surface area (Å²) in [7, 11) is 1.58. The minimum absolute atomic E-state index is 0.0955. The van der Waals surface area contributed by atoms with E-state index < -0.39 is 12.0 Å². The molecule has 0 amide bonds. The fourth-order valence-electron chi connectivity index (χ4n) is 4.46. The van der Waals surface area contributed by atoms with E-state index in [2.05, 4.69) is 4.99 Å². The third-order valence-electron chi connectivity index (χ3n) is 5.96. The third-order valence-corrected chi connectivity index (χ3v) is 6.95. The number of ether oxygens (including phenoxy) is 4. The molecular weight excluding hydrogens is 516 g/mol. The Kier molecular flexibility index (Phi) is 8.60. The van der Waals surface area contributed by atoms with Crippen LogP contribution in [0.3, 0.4) is 0 Å². The van der Waals surface area contributed by atoms with Crippen LogP contribution in [0, 0.1) is 0 Å². The highest BCUT2D eigenvalue weighted by molar-refractivity contribution is 7.07. The lowest BCUT2D eigenvalue weighted by molar-refractivity contribution is -0.139. The zero-order chi connectivity index (χ0) is 28.3. The first-order valence-corrected chi connectivity index (χ1v) is 13.8. The van der Waals surface area contributed by atoms with Crippen LogP contribution in [0.25, 0.3) is 6.08 Å². The van der Waals surface area contributed by atoms with Crippen molar-refractivity contribution in [2.24, 2.45) is 4.99 Å². The van der Waals surface area contributed by atoms with Crippen LogP contribution in [0.2, 0.25) is 0 Å². The second-order valence-electron chi connectivity index (χ2n) is 9.55. The highest BCUT2D eigenvalue weighted by atomic mass is 32.1. The van der Waals surface area contributed by atoms with E-state index in [4.69, 9.17) is 18.9 Å². The van der Waals surface area contributed by atoms with Gasteiger partial charge >= 0.3 is 5.97 Å². The molecule has 2 aromatic carbocycles. The SMILES string of the molecule is CCOC(=O)C1=C(C)N=c2s/c(=C\c3cccc(OC)c3OC(C)C)c(=O)n2[C@@H]1c1ccccc1OC(C)C. The van der Waals surface area contributed by atoms with Crippen LogP contribution in [-0.2, 0) is 9.53 Å². The molecule has 0 saturated carbocycles. The molecule has 206 valence electrons. The Morgan fingerprint density at radius 1 is 1.05 bits per heavy atom. The number of methoxy groups -OCH3 is 1. The molecule has 4 rings (SSSR count). The molecule has 0 fully saturated rings. The van der Waals surface area contributed by atoms with Crippen LogP contribution in [0.1, 0.15) is 58.7 Å². The monoisotopic (exact) mass is 550 g/mol. The van der Waals surface area contributed by atoms with Crippen LogP contribution in [0.5, 0.6) is 17.2 Å². The number of allylic oxidation sites excluding steroid dienone is 1. The van der Waals surface area contributed by atoms with Crippen molar-refractivity contribution in [3.63, 3.8) is 0 Å². The molecule has 1 aliphatic rings. The van der Waals surface area contributed by atoms with Gasteiger partial charge in [0.05, 0.1) is 41.7 Å². The van der Waals surface area contributed by atoms with E-state index in [0.29, 0.717) is 49.0 Å². The molecule has 2 heterocycles. The topological polar surface area (TPSA) is 88.4 Å². The average Bonchev–Trinajstić information content (AvgIpc) is 3.18. The second-order valence-corrected chi connectivity index (χ2v) is 10.6. The number of carbonyl (C=O) groups excluding carboxylic acids is 1. The molecule has 8 nitrogen and oxygen atoms in total. The molecule has 3 aromatic rings. The highest BCUT2D eigenvalue weighted by Gasteiger charge is 2.35. The van der Waals surface area contributed by atoms with Gasteiger partial charge in [-0.15, -0.1) is 0 Å². The zero-order valence-corrected chi connectivity index (χ0v) is 24.1. The van der Waals surface area contributed by atoms with Crippen molar-refractivity contribution < 1.29 is 23.7 Å². The Morgan fingerprint density at radius 3 is 2.41 bits per heavy atom. The molecule has 0 bridgehead atoms. The predicted molar refractivity (Wildman–Crippen MR) is 151 cm³/mol. The first-order valence-electron chi connectivity index (χ1n) is 12.9. The van der Waals surface area contributed by atoms with Gasteiger partial charge in [0.1, 0.15) is 11.8 Å². The van der Waals surface area contributed by atoms with Crippen molar-refractivity contribution in [3.8, 4) is 17.2 Å². The smallest absolute Gasteiger partial charge is 0.338 e. The maximum Gasteiger partial charge on any atom is 0.338 e. The maximum atomic E-state index is 14.1. The molecule has 1 atom stereocenters. The Labute approximate surface area is 231 Å². The molecule has 0 unspecified atom stereocenters. The lowest BCUT2D eigenvalue weighted by Crippen LogP contribution is -2.40. The van der Waals surface area contributed by atoms with Gasteiger partial charge in [-0.2, -0.15) is 0 Å². The number of aromatic nitrogens is 1. The summed E-state index contributed by atoms with van der Waals surface area (Å²) in [4.78, 5) is 32.4. The Morgan fingerprint density at radius 2 is 1.74 bits per heavy atom. The van der Waals surface area contributed by atoms with Gasteiger partial charge in [-0.05, 0) is 59.8 Å². The quantitative estimate of drug-likeness (QED) is 0.368. The van der Waals surface area contributed by atoms with Crippen molar-refractivity contribution in [2.45, 2.75) is 59.8 Å². The summed E-state index contributed by atoms with van der Waals surface area (Å²) < 4.78 is 25.1. The molecule has 0 radical (unpaired) electrons. The summed E-state index contributed by atoms with van der Waals surface area (Å²) in [5.41, 5.74) is 1.91. The molecule has 1 aliphatic heterocycles. The molecule has 0 saturated heterocycles. The van der Waals surface area contributed by atoms with E-state index >= 15 is 0 Å². The summed E-state index contributed by atoms with van der Waals surface area (Å²) in [6, 6.07) is 12.2. The fourth-order valence-corrected chi connectivity index (χ4v) is 5.50. The Bertz CT molecular complexity index is 1580. The number of nitrogens with zero attached hydrogens (tertiary/aromatic N) is 2. The van der Waals surface area contributed by atoms with Gasteiger partial charge in [0.15, 0.2) is 16.3 Å². The molecule has 9 heteroatoms. The van der Waals surface area contributed by atoms with Gasteiger partial charge < -0.3 is 18.9 Å². The van der Waals surface area contributed by atoms with Crippen LogP contribution in [0.4, 0.5) is 0 Å². The molecule has 0 aliphatic carbocycles. The van der Waals surface area contributed by atoms with Gasteiger partial charge in [-0.1, -0.05) is 41.7 Å². The minimum Gasteiger partial charge on any atom is -0.493 e. The van der Waals surface area contributed by atoms with E-state index in [1.807, 2.05) is 70.2 Å². The van der Waals surface area contributed by atoms with Crippen molar-refractivity contribution in [1.82, 2.24) is 4.57 Å². The number of fused-ring (bicyclic) bond motifs is 1. The lowest BCUT2D eigenvalue weighted by Gasteiger charge is -2.26. The standard InChI is InChI=1S/C30H34N2O6S/c1-8-36-29(34)25-19(6)31-30-32(26(25)21-13-9-10-14-22(21)37-17(2)3)28(33)24(39-30)16-20-12-11-15-23(35-7)27(20)38-18(4)5/h9-18,26H,8H2,1-7H3/b24-16-/t26-/m1/s1. The van der Waals surface area contributed by atoms with Gasteiger partial charge in [-0.25, -0.2) is 9.79 Å². The number of rotatable bonds is 9. The van der Waals surface area contributed by atoms with E-state index in [1.54, 1.807) is 31.6 Å². The summed E-state index contributed by atoms with van der Waals surface area (Å²) in [6.45, 7) is 11.4. The van der Waals surface area contributed by atoms with Crippen molar-refractivity contribution in [3.05, 3.63) is 84.5 Å². The van der Waals surface area contributed by atoms with Gasteiger partial charge in [-0.3, -0.25) is 9.36 Å². The lowest BCUT2D eigenvalue weighted by atomic mass is 9.95. The first-order chi connectivity index (χ1) is 18.7. The van der Waals surface area contributed by atoms with E-state index in [0.717, 1.165) is 0 Å². The van der Waals surface area contributed by atoms with Crippen LogP contribution in [0.15, 0.2) is 63.5 Å². The van der Waals surface area contributed by atoms with E-state index in [1.165, 1.54) is 11.3 Å². The number of benzene rings is 2. The number of esters is 1. The highest BCUT2D eigenvalue weighted by Crippen LogP contribution is 2.36. The molecule has 1 aromatic heterocycles. The largest absolute Gasteiger partial charge is 0.493 e. The predicted octanol–water partition coefficient (Wildman–Crippen LogP) is 4.38. The fraction of sp³-hybridized carbons (Fsp3) is 0.367. The number of para-hydroxylation sites is 2. The zero-order valence-electron chi connectivity index (χ0n) is 23.3.